The fraction of sp³-hybridized carbons (Fsp3) is 0.269. The minimum Gasteiger partial charge on any atom is -0.490 e. The molecule has 0 N–H and O–H groups in total. The monoisotopic (exact) mass is 489 g/mol. The number of likely N-dealkylation sites (N-methyl/N-ethyl adjacent to an activating group) is 2. The van der Waals surface area contributed by atoms with Crippen LogP contribution in [0, 0.1) is 0 Å². The molecule has 4 aromatic rings. The zero-order valence-corrected chi connectivity index (χ0v) is 20.6. The molecule has 35 heavy (non-hydrogen) atoms. The molecule has 2 aliphatic heterocycles. The summed E-state index contributed by atoms with van der Waals surface area (Å²) < 4.78 is 37.0. The Hall–Kier alpha value is -3.56. The van der Waals surface area contributed by atoms with Gasteiger partial charge in [0.05, 0.1) is 29.0 Å². The molecule has 0 atom stereocenters. The molecule has 0 amide bonds. The smallest absolute Gasteiger partial charge is 0.268 e. The van der Waals surface area contributed by atoms with Crippen molar-refractivity contribution in [3.05, 3.63) is 73.0 Å². The molecule has 0 saturated carbocycles. The predicted molar refractivity (Wildman–Crippen MR) is 137 cm³/mol. The summed E-state index contributed by atoms with van der Waals surface area (Å²) in [5.41, 5.74) is 4.60. The lowest BCUT2D eigenvalue weighted by Gasteiger charge is -2.27. The Labute approximate surface area is 204 Å². The summed E-state index contributed by atoms with van der Waals surface area (Å²) in [6, 6.07) is 11.0. The van der Waals surface area contributed by atoms with Crippen LogP contribution in [-0.4, -0.2) is 67.2 Å². The highest BCUT2D eigenvalue weighted by Gasteiger charge is 2.26. The topological polar surface area (TPSA) is 72.6 Å². The van der Waals surface area contributed by atoms with Crippen LogP contribution in [0.4, 0.5) is 5.69 Å². The molecule has 6 rings (SSSR count). The van der Waals surface area contributed by atoms with Gasteiger partial charge in [0.25, 0.3) is 10.0 Å². The van der Waals surface area contributed by atoms with Crippen LogP contribution in [0.1, 0.15) is 12.0 Å². The summed E-state index contributed by atoms with van der Waals surface area (Å²) in [6.45, 7) is 3.07. The van der Waals surface area contributed by atoms with E-state index in [4.69, 9.17) is 4.74 Å². The molecule has 0 fully saturated rings. The van der Waals surface area contributed by atoms with Crippen LogP contribution in [0.15, 0.2) is 72.3 Å². The maximum absolute atomic E-state index is 13.9. The van der Waals surface area contributed by atoms with Gasteiger partial charge < -0.3 is 19.1 Å². The molecule has 9 heteroatoms. The zero-order valence-electron chi connectivity index (χ0n) is 19.8. The standard InChI is InChI=1S/C26H27N5O3S/c1-28-10-7-19(8-11-28)23-17-31(24-5-3-20(15-22(23)24)30-12-9-27-18-30)35(32,33)21-4-6-25-26(16-21)34-14-13-29(25)2/h3-7,9,12,15-18H,8,10-11,13-14H2,1-2H3. The molecular weight excluding hydrogens is 462 g/mol. The molecule has 0 bridgehead atoms. The van der Waals surface area contributed by atoms with E-state index in [2.05, 4.69) is 27.9 Å². The van der Waals surface area contributed by atoms with Crippen molar-refractivity contribution in [1.29, 1.82) is 0 Å². The van der Waals surface area contributed by atoms with Crippen LogP contribution in [0.3, 0.4) is 0 Å². The number of aromatic nitrogens is 3. The highest BCUT2D eigenvalue weighted by Crippen LogP contribution is 2.37. The lowest BCUT2D eigenvalue weighted by atomic mass is 9.99. The van der Waals surface area contributed by atoms with Crippen molar-refractivity contribution in [3.63, 3.8) is 0 Å². The number of anilines is 1. The largest absolute Gasteiger partial charge is 0.490 e. The number of benzene rings is 2. The van der Waals surface area contributed by atoms with Gasteiger partial charge in [0.2, 0.25) is 0 Å². The average Bonchev–Trinajstić information content (AvgIpc) is 3.53. The average molecular weight is 490 g/mol. The third-order valence-corrected chi connectivity index (χ3v) is 8.57. The fourth-order valence-electron chi connectivity index (χ4n) is 4.84. The zero-order chi connectivity index (χ0) is 24.2. The van der Waals surface area contributed by atoms with Crippen molar-refractivity contribution in [2.45, 2.75) is 11.3 Å². The molecular formula is C26H27N5O3S. The van der Waals surface area contributed by atoms with E-state index in [0.29, 0.717) is 17.9 Å². The maximum Gasteiger partial charge on any atom is 0.268 e. The van der Waals surface area contributed by atoms with Gasteiger partial charge in [-0.05, 0) is 49.4 Å². The third kappa shape index (κ3) is 3.71. The molecule has 2 aliphatic rings. The van der Waals surface area contributed by atoms with Crippen molar-refractivity contribution in [2.75, 3.05) is 45.2 Å². The first kappa shape index (κ1) is 21.9. The summed E-state index contributed by atoms with van der Waals surface area (Å²) in [6.07, 6.45) is 10.2. The van der Waals surface area contributed by atoms with E-state index < -0.39 is 10.0 Å². The van der Waals surface area contributed by atoms with Crippen LogP contribution in [-0.2, 0) is 10.0 Å². The van der Waals surface area contributed by atoms with E-state index in [1.54, 1.807) is 30.9 Å². The normalized spacial score (nSPS) is 16.7. The van der Waals surface area contributed by atoms with Crippen molar-refractivity contribution < 1.29 is 13.2 Å². The number of ether oxygens (including phenoxy) is 1. The number of fused-ring (bicyclic) bond motifs is 2. The Bertz CT molecular complexity index is 1550. The molecule has 0 unspecified atom stereocenters. The number of nitrogens with zero attached hydrogens (tertiary/aromatic N) is 5. The highest BCUT2D eigenvalue weighted by atomic mass is 32.2. The van der Waals surface area contributed by atoms with Gasteiger partial charge in [0, 0.05) is 61.4 Å². The Kier molecular flexibility index (Phi) is 5.19. The number of hydrogen-bond acceptors (Lipinski definition) is 6. The number of imidazole rings is 1. The van der Waals surface area contributed by atoms with Crippen LogP contribution in [0.25, 0.3) is 22.2 Å². The van der Waals surface area contributed by atoms with Gasteiger partial charge >= 0.3 is 0 Å². The van der Waals surface area contributed by atoms with E-state index >= 15 is 0 Å². The predicted octanol–water partition coefficient (Wildman–Crippen LogP) is 3.61. The van der Waals surface area contributed by atoms with Gasteiger partial charge in [-0.3, -0.25) is 0 Å². The summed E-state index contributed by atoms with van der Waals surface area (Å²) in [5.74, 6) is 0.594. The lowest BCUT2D eigenvalue weighted by molar-refractivity contribution is 0.310. The Morgan fingerprint density at radius 2 is 1.94 bits per heavy atom. The van der Waals surface area contributed by atoms with E-state index in [0.717, 1.165) is 48.4 Å². The lowest BCUT2D eigenvalue weighted by Crippen LogP contribution is -2.29. The van der Waals surface area contributed by atoms with Crippen LogP contribution >= 0.6 is 0 Å². The first-order valence-corrected chi connectivity index (χ1v) is 13.1. The molecule has 0 aliphatic carbocycles. The van der Waals surface area contributed by atoms with Crippen molar-refractivity contribution in [2.24, 2.45) is 0 Å². The Morgan fingerprint density at radius 3 is 2.71 bits per heavy atom. The second-order valence-electron chi connectivity index (χ2n) is 9.16. The minimum atomic E-state index is -3.85. The fourth-order valence-corrected chi connectivity index (χ4v) is 6.23. The van der Waals surface area contributed by atoms with Gasteiger partial charge in [-0.25, -0.2) is 17.4 Å². The Balaban J connectivity index is 1.52. The molecule has 2 aromatic heterocycles. The van der Waals surface area contributed by atoms with Gasteiger partial charge in [-0.15, -0.1) is 0 Å². The van der Waals surface area contributed by atoms with Crippen LogP contribution < -0.4 is 9.64 Å². The van der Waals surface area contributed by atoms with E-state index in [1.807, 2.05) is 42.1 Å². The second-order valence-corrected chi connectivity index (χ2v) is 11.0. The quantitative estimate of drug-likeness (QED) is 0.436. The summed E-state index contributed by atoms with van der Waals surface area (Å²) in [4.78, 5) is 8.69. The van der Waals surface area contributed by atoms with E-state index in [9.17, 15) is 8.42 Å². The van der Waals surface area contributed by atoms with Crippen molar-refractivity contribution in [1.82, 2.24) is 18.4 Å². The molecule has 8 nitrogen and oxygen atoms in total. The second kappa shape index (κ2) is 8.28. The maximum atomic E-state index is 13.9. The van der Waals surface area contributed by atoms with Crippen LogP contribution in [0.5, 0.6) is 5.75 Å². The summed E-state index contributed by atoms with van der Waals surface area (Å²) >= 11 is 0. The Morgan fingerprint density at radius 1 is 1.06 bits per heavy atom. The van der Waals surface area contributed by atoms with Crippen molar-refractivity contribution >= 4 is 32.2 Å². The molecule has 4 heterocycles. The SMILES string of the molecule is CN1CC=C(c2cn(S(=O)(=O)c3ccc4c(c3)OCCN4C)c3ccc(-n4ccnc4)cc23)CC1. The van der Waals surface area contributed by atoms with E-state index in [1.165, 1.54) is 9.55 Å². The van der Waals surface area contributed by atoms with Gasteiger partial charge in [0.15, 0.2) is 0 Å². The first-order valence-electron chi connectivity index (χ1n) is 11.7. The third-order valence-electron chi connectivity index (χ3n) is 6.90. The number of rotatable bonds is 4. The van der Waals surface area contributed by atoms with Gasteiger partial charge in [-0.1, -0.05) is 6.08 Å². The molecule has 180 valence electrons. The van der Waals surface area contributed by atoms with Crippen molar-refractivity contribution in [3.8, 4) is 11.4 Å². The first-order chi connectivity index (χ1) is 16.9. The number of hydrogen-bond donors (Lipinski definition) is 0. The molecule has 0 spiro atoms. The molecule has 0 saturated heterocycles. The molecule has 2 aromatic carbocycles. The molecule has 0 radical (unpaired) electrons. The highest BCUT2D eigenvalue weighted by molar-refractivity contribution is 7.90. The summed E-state index contributed by atoms with van der Waals surface area (Å²) in [7, 11) is 0.221. The van der Waals surface area contributed by atoms with Gasteiger partial charge in [0.1, 0.15) is 12.4 Å². The minimum absolute atomic E-state index is 0.214. The van der Waals surface area contributed by atoms with Crippen LogP contribution in [0.2, 0.25) is 0 Å². The summed E-state index contributed by atoms with van der Waals surface area (Å²) in [5, 5.41) is 0.907. The van der Waals surface area contributed by atoms with Gasteiger partial charge in [-0.2, -0.15) is 0 Å². The van der Waals surface area contributed by atoms with E-state index in [-0.39, 0.29) is 4.90 Å².